The van der Waals surface area contributed by atoms with Gasteiger partial charge >= 0.3 is 0 Å². The molecule has 0 amide bonds. The van der Waals surface area contributed by atoms with Crippen molar-refractivity contribution >= 4 is 17.3 Å². The van der Waals surface area contributed by atoms with Crippen LogP contribution in [0.1, 0.15) is 49.2 Å². The Morgan fingerprint density at radius 3 is 2.55 bits per heavy atom. The van der Waals surface area contributed by atoms with Crippen LogP contribution in [0.3, 0.4) is 0 Å². The van der Waals surface area contributed by atoms with E-state index >= 15 is 0 Å². The van der Waals surface area contributed by atoms with Gasteiger partial charge < -0.3 is 14.6 Å². The molecular weight excluding hydrogens is 385 g/mol. The maximum absolute atomic E-state index is 13.3. The van der Waals surface area contributed by atoms with E-state index in [1.165, 1.54) is 25.0 Å². The highest BCUT2D eigenvalue weighted by Crippen LogP contribution is 2.44. The van der Waals surface area contributed by atoms with E-state index < -0.39 is 0 Å². The molecule has 2 aromatic heterocycles. The van der Waals surface area contributed by atoms with Gasteiger partial charge in [0, 0.05) is 17.8 Å². The number of rotatable bonds is 4. The maximum atomic E-state index is 13.3. The van der Waals surface area contributed by atoms with Crippen molar-refractivity contribution in [2.24, 2.45) is 0 Å². The molecule has 4 nitrogen and oxygen atoms in total. The standard InChI is InChI=1S/C23H22FN3OS/c24-16-10-8-15(9-11-16)19-12-13-20(28-19)22-21(18-7-3-4-14-25-18)26-23(29)27(22)17-5-1-2-6-17/h3-4,7-14,17,21-22H,1-2,5-6H2,(H,26,29). The highest BCUT2D eigenvalue weighted by atomic mass is 32.1. The SMILES string of the molecule is Fc1ccc(-c2ccc(C3C(c4ccccn4)NC(=S)N3C3CCCC3)o2)cc1. The molecule has 1 N–H and O–H groups in total. The van der Waals surface area contributed by atoms with Crippen molar-refractivity contribution in [3.05, 3.63) is 78.1 Å². The Labute approximate surface area is 174 Å². The predicted molar refractivity (Wildman–Crippen MR) is 114 cm³/mol. The quantitative estimate of drug-likeness (QED) is 0.587. The number of hydrogen-bond acceptors (Lipinski definition) is 3. The third-order valence-electron chi connectivity index (χ3n) is 5.90. The molecule has 2 atom stereocenters. The molecule has 0 bridgehead atoms. The zero-order valence-electron chi connectivity index (χ0n) is 15.9. The monoisotopic (exact) mass is 407 g/mol. The van der Waals surface area contributed by atoms with Gasteiger partial charge in [-0.1, -0.05) is 18.9 Å². The van der Waals surface area contributed by atoms with Crippen LogP contribution in [0.15, 0.2) is 65.2 Å². The Kier molecular flexibility index (Phi) is 4.79. The average molecular weight is 408 g/mol. The summed E-state index contributed by atoms with van der Waals surface area (Å²) >= 11 is 5.75. The fourth-order valence-electron chi connectivity index (χ4n) is 4.53. The number of aromatic nitrogens is 1. The van der Waals surface area contributed by atoms with Crippen LogP contribution in [0, 0.1) is 5.82 Å². The molecule has 1 aliphatic heterocycles. The van der Waals surface area contributed by atoms with Crippen molar-refractivity contribution in [1.82, 2.24) is 15.2 Å². The number of benzene rings is 1. The van der Waals surface area contributed by atoms with E-state index in [-0.39, 0.29) is 17.9 Å². The minimum absolute atomic E-state index is 0.0605. The van der Waals surface area contributed by atoms with Crippen LogP contribution in [-0.2, 0) is 0 Å². The van der Waals surface area contributed by atoms with E-state index in [0.29, 0.717) is 6.04 Å². The molecule has 29 heavy (non-hydrogen) atoms. The summed E-state index contributed by atoms with van der Waals surface area (Å²) in [5.41, 5.74) is 1.80. The summed E-state index contributed by atoms with van der Waals surface area (Å²) in [4.78, 5) is 6.89. The van der Waals surface area contributed by atoms with Crippen molar-refractivity contribution in [3.63, 3.8) is 0 Å². The molecule has 1 aliphatic carbocycles. The van der Waals surface area contributed by atoms with Crippen LogP contribution in [0.25, 0.3) is 11.3 Å². The van der Waals surface area contributed by atoms with Crippen molar-refractivity contribution in [2.45, 2.75) is 43.8 Å². The lowest BCUT2D eigenvalue weighted by Crippen LogP contribution is -2.37. The molecule has 3 aromatic rings. The van der Waals surface area contributed by atoms with Gasteiger partial charge in [0.15, 0.2) is 5.11 Å². The van der Waals surface area contributed by atoms with Crippen LogP contribution >= 0.6 is 12.2 Å². The van der Waals surface area contributed by atoms with Gasteiger partial charge in [0.05, 0.1) is 11.7 Å². The first-order valence-corrected chi connectivity index (χ1v) is 10.5. The first-order chi connectivity index (χ1) is 14.2. The van der Waals surface area contributed by atoms with Gasteiger partial charge in [-0.15, -0.1) is 0 Å². The second kappa shape index (κ2) is 7.59. The normalized spacial score (nSPS) is 22.2. The topological polar surface area (TPSA) is 41.3 Å². The predicted octanol–water partition coefficient (Wildman–Crippen LogP) is 5.40. The lowest BCUT2D eigenvalue weighted by molar-refractivity contribution is 0.218. The highest BCUT2D eigenvalue weighted by Gasteiger charge is 2.45. The summed E-state index contributed by atoms with van der Waals surface area (Å²) in [6, 6.07) is 16.5. The van der Waals surface area contributed by atoms with E-state index in [1.54, 1.807) is 18.3 Å². The van der Waals surface area contributed by atoms with Crippen LogP contribution in [0.5, 0.6) is 0 Å². The average Bonchev–Trinajstić information content (AvgIpc) is 3.48. The second-order valence-electron chi connectivity index (χ2n) is 7.68. The van der Waals surface area contributed by atoms with Gasteiger partial charge in [-0.3, -0.25) is 4.98 Å². The highest BCUT2D eigenvalue weighted by molar-refractivity contribution is 7.80. The summed E-state index contributed by atoms with van der Waals surface area (Å²) in [5, 5.41) is 4.25. The third-order valence-corrected chi connectivity index (χ3v) is 6.23. The molecule has 1 aromatic carbocycles. The molecule has 0 radical (unpaired) electrons. The summed E-state index contributed by atoms with van der Waals surface area (Å²) in [6.45, 7) is 0. The van der Waals surface area contributed by atoms with Crippen molar-refractivity contribution in [3.8, 4) is 11.3 Å². The summed E-state index contributed by atoms with van der Waals surface area (Å²) in [5.74, 6) is 1.32. The number of hydrogen-bond donors (Lipinski definition) is 1. The molecule has 0 spiro atoms. The number of pyridine rings is 1. The summed E-state index contributed by atoms with van der Waals surface area (Å²) in [7, 11) is 0. The minimum atomic E-state index is -0.256. The summed E-state index contributed by atoms with van der Waals surface area (Å²) < 4.78 is 19.6. The zero-order valence-corrected chi connectivity index (χ0v) is 16.7. The van der Waals surface area contributed by atoms with E-state index in [0.717, 1.165) is 40.7 Å². The van der Waals surface area contributed by atoms with Gasteiger partial charge in [-0.05, 0) is 73.6 Å². The molecule has 5 rings (SSSR count). The van der Waals surface area contributed by atoms with Crippen LogP contribution in [-0.4, -0.2) is 21.0 Å². The Balaban J connectivity index is 1.54. The number of nitrogens with one attached hydrogen (secondary N) is 1. The maximum Gasteiger partial charge on any atom is 0.170 e. The van der Waals surface area contributed by atoms with E-state index in [2.05, 4.69) is 15.2 Å². The Morgan fingerprint density at radius 1 is 1.03 bits per heavy atom. The van der Waals surface area contributed by atoms with Gasteiger partial charge in [0.1, 0.15) is 23.4 Å². The number of nitrogens with zero attached hydrogens (tertiary/aromatic N) is 2. The van der Waals surface area contributed by atoms with Crippen LogP contribution in [0.4, 0.5) is 4.39 Å². The molecule has 2 fully saturated rings. The Bertz CT molecular complexity index is 998. The third kappa shape index (κ3) is 3.42. The van der Waals surface area contributed by atoms with E-state index in [4.69, 9.17) is 16.6 Å². The molecule has 1 saturated heterocycles. The molecule has 2 aliphatic rings. The van der Waals surface area contributed by atoms with Crippen molar-refractivity contribution in [2.75, 3.05) is 0 Å². The number of thiocarbonyl (C=S) groups is 1. The first-order valence-electron chi connectivity index (χ1n) is 10.1. The Morgan fingerprint density at radius 2 is 1.83 bits per heavy atom. The van der Waals surface area contributed by atoms with Gasteiger partial charge in [-0.2, -0.15) is 0 Å². The van der Waals surface area contributed by atoms with E-state index in [1.807, 2.05) is 30.3 Å². The largest absolute Gasteiger partial charge is 0.459 e. The fourth-order valence-corrected chi connectivity index (χ4v) is 4.92. The van der Waals surface area contributed by atoms with Gasteiger partial charge in [0.25, 0.3) is 0 Å². The fraction of sp³-hybridized carbons (Fsp3) is 0.304. The number of furan rings is 1. The van der Waals surface area contributed by atoms with Crippen molar-refractivity contribution in [1.29, 1.82) is 0 Å². The summed E-state index contributed by atoms with van der Waals surface area (Å²) in [6.07, 6.45) is 6.53. The molecule has 6 heteroatoms. The second-order valence-corrected chi connectivity index (χ2v) is 8.07. The lowest BCUT2D eigenvalue weighted by Gasteiger charge is -2.31. The lowest BCUT2D eigenvalue weighted by atomic mass is 10.0. The molecule has 3 heterocycles. The van der Waals surface area contributed by atoms with E-state index in [9.17, 15) is 4.39 Å². The number of halogens is 1. The van der Waals surface area contributed by atoms with Crippen LogP contribution in [0.2, 0.25) is 0 Å². The molecule has 1 saturated carbocycles. The smallest absolute Gasteiger partial charge is 0.170 e. The van der Waals surface area contributed by atoms with Crippen molar-refractivity contribution < 1.29 is 8.81 Å². The first kappa shape index (κ1) is 18.3. The minimum Gasteiger partial charge on any atom is -0.459 e. The van der Waals surface area contributed by atoms with Gasteiger partial charge in [-0.25, -0.2) is 4.39 Å². The van der Waals surface area contributed by atoms with Gasteiger partial charge in [0.2, 0.25) is 0 Å². The molecule has 2 unspecified atom stereocenters. The Hall–Kier alpha value is -2.73. The zero-order chi connectivity index (χ0) is 19.8. The molecular formula is C23H22FN3OS. The molecule has 148 valence electrons. The van der Waals surface area contributed by atoms with Crippen LogP contribution < -0.4 is 5.32 Å².